The van der Waals surface area contributed by atoms with Crippen molar-refractivity contribution in [1.29, 1.82) is 0 Å². The normalized spacial score (nSPS) is 21.6. The van der Waals surface area contributed by atoms with Gasteiger partial charge in [0.25, 0.3) is 0 Å². The summed E-state index contributed by atoms with van der Waals surface area (Å²) in [5.74, 6) is 2.86. The van der Waals surface area contributed by atoms with E-state index in [1.165, 1.54) is 0 Å². The quantitative estimate of drug-likeness (QED) is 0.226. The number of nitrogens with one attached hydrogen (secondary N) is 1. The molecular weight excluding hydrogens is 544 g/mol. The molecule has 3 aliphatic rings. The molecule has 0 radical (unpaired) electrons. The van der Waals surface area contributed by atoms with Crippen LogP contribution in [0.1, 0.15) is 56.9 Å². The van der Waals surface area contributed by atoms with Crippen molar-refractivity contribution in [3.63, 3.8) is 0 Å². The van der Waals surface area contributed by atoms with E-state index < -0.39 is 0 Å². The Morgan fingerprint density at radius 2 is 1.65 bits per heavy atom. The number of aromatic amines is 1. The van der Waals surface area contributed by atoms with Gasteiger partial charge in [-0.2, -0.15) is 10.3 Å². The van der Waals surface area contributed by atoms with Crippen LogP contribution < -0.4 is 14.2 Å². The lowest BCUT2D eigenvalue weighted by Crippen LogP contribution is -2.49. The third kappa shape index (κ3) is 6.63. The van der Waals surface area contributed by atoms with Gasteiger partial charge in [-0.3, -0.25) is 4.79 Å². The van der Waals surface area contributed by atoms with Gasteiger partial charge in [-0.25, -0.2) is 5.01 Å². The molecule has 1 aliphatic heterocycles. The Labute approximate surface area is 251 Å². The van der Waals surface area contributed by atoms with Gasteiger partial charge < -0.3 is 14.2 Å². The van der Waals surface area contributed by atoms with Crippen LogP contribution in [-0.2, 0) is 4.79 Å². The van der Waals surface area contributed by atoms with Gasteiger partial charge in [0, 0.05) is 17.0 Å². The molecule has 1 aromatic heterocycles. The van der Waals surface area contributed by atoms with E-state index in [1.54, 1.807) is 12.1 Å². The first-order valence-electron chi connectivity index (χ1n) is 15.2. The maximum atomic E-state index is 13.6. The van der Waals surface area contributed by atoms with E-state index in [0.29, 0.717) is 30.5 Å². The zero-order valence-corrected chi connectivity index (χ0v) is 24.5. The Morgan fingerprint density at radius 1 is 0.884 bits per heavy atom. The van der Waals surface area contributed by atoms with Crippen molar-refractivity contribution in [1.82, 2.24) is 25.6 Å². The number of aromatic nitrogens is 4. The molecule has 6 rings (SSSR count). The molecule has 0 unspecified atom stereocenters. The van der Waals surface area contributed by atoms with Crippen molar-refractivity contribution < 1.29 is 19.0 Å². The molecule has 3 aromatic rings. The number of hydrogen-bond acceptors (Lipinski definition) is 8. The number of allylic oxidation sites excluding steroid dienone is 3. The number of unbranched alkanes of at least 4 members (excludes halogenated alkanes) is 1. The summed E-state index contributed by atoms with van der Waals surface area (Å²) in [5, 5.41) is 20.9. The lowest BCUT2D eigenvalue weighted by molar-refractivity contribution is -0.140. The minimum absolute atomic E-state index is 0.0646. The number of amides is 1. The monoisotopic (exact) mass is 582 g/mol. The molecule has 2 aliphatic carbocycles. The van der Waals surface area contributed by atoms with E-state index in [0.717, 1.165) is 74.0 Å². The molecule has 0 saturated heterocycles. The fraction of sp³-hybridized carbons (Fsp3) is 0.424. The van der Waals surface area contributed by atoms with Crippen LogP contribution in [0.15, 0.2) is 71.9 Å². The Bertz CT molecular complexity index is 1470. The number of nitrogens with zero attached hydrogens (tertiary/aromatic N) is 5. The molecule has 2 aromatic carbocycles. The summed E-state index contributed by atoms with van der Waals surface area (Å²) in [6.07, 6.45) is 15.9. The average Bonchev–Trinajstić information content (AvgIpc) is 3.46. The zero-order valence-electron chi connectivity index (χ0n) is 24.5. The van der Waals surface area contributed by atoms with Crippen LogP contribution in [-0.4, -0.2) is 63.6 Å². The molecule has 2 heterocycles. The number of methoxy groups -OCH3 is 1. The molecule has 1 amide bonds. The molecule has 0 saturated carbocycles. The topological polar surface area (TPSA) is 115 Å². The summed E-state index contributed by atoms with van der Waals surface area (Å²) in [6.45, 7) is 1.11. The molecule has 10 nitrogen and oxygen atoms in total. The second-order valence-corrected chi connectivity index (χ2v) is 11.1. The van der Waals surface area contributed by atoms with Crippen molar-refractivity contribution in [3.05, 3.63) is 72.3 Å². The summed E-state index contributed by atoms with van der Waals surface area (Å²) in [6, 6.07) is 13.7. The van der Waals surface area contributed by atoms with Crippen molar-refractivity contribution >= 4 is 11.6 Å². The SMILES string of the molecule is COc1ccc(C2=NN([C@@H]3CC=CCCC3)C(=O)[C@@H]3CC=CC[C@H]23)cc1OCCCCOc1ccc(-c2nn[nH]n2)cc1. The second-order valence-electron chi connectivity index (χ2n) is 11.1. The number of hydrogen-bond donors (Lipinski definition) is 1. The number of H-pyrrole nitrogens is 1. The van der Waals surface area contributed by atoms with Gasteiger partial charge >= 0.3 is 0 Å². The van der Waals surface area contributed by atoms with Crippen LogP contribution in [0.3, 0.4) is 0 Å². The summed E-state index contributed by atoms with van der Waals surface area (Å²) < 4.78 is 17.7. The molecular formula is C33H38N6O4. The molecule has 3 atom stereocenters. The number of benzene rings is 2. The molecule has 224 valence electrons. The second kappa shape index (κ2) is 13.7. The van der Waals surface area contributed by atoms with Gasteiger partial charge in [0.1, 0.15) is 5.75 Å². The van der Waals surface area contributed by atoms with E-state index in [9.17, 15) is 4.79 Å². The van der Waals surface area contributed by atoms with Crippen LogP contribution in [0, 0.1) is 11.8 Å². The van der Waals surface area contributed by atoms with Gasteiger partial charge in [0.05, 0.1) is 38.0 Å². The first-order chi connectivity index (χ1) is 21.2. The largest absolute Gasteiger partial charge is 0.494 e. The standard InChI is InChI=1S/C33H38N6O4/c1-41-29-19-16-24(31-27-12-6-7-13-28(27)33(40)39(36-31)25-10-4-2-3-5-11-25)22-30(29)43-21-9-8-20-42-26-17-14-23(15-18-26)32-34-37-38-35-32/h2,4,6-7,14-19,22,25,27-28H,3,5,8-13,20-21H2,1H3,(H,34,35,37,38)/t25-,27+,28-/m1/s1. The van der Waals surface area contributed by atoms with Gasteiger partial charge in [-0.15, -0.1) is 10.2 Å². The minimum atomic E-state index is -0.0774. The lowest BCUT2D eigenvalue weighted by Gasteiger charge is -2.40. The fourth-order valence-electron chi connectivity index (χ4n) is 6.02. The summed E-state index contributed by atoms with van der Waals surface area (Å²) in [5.41, 5.74) is 2.82. The van der Waals surface area contributed by atoms with Crippen LogP contribution in [0.5, 0.6) is 17.2 Å². The number of carbonyl (C=O) groups excluding carboxylic acids is 1. The number of carbonyl (C=O) groups is 1. The molecule has 10 heteroatoms. The highest BCUT2D eigenvalue weighted by molar-refractivity contribution is 6.07. The van der Waals surface area contributed by atoms with E-state index in [4.69, 9.17) is 19.3 Å². The van der Waals surface area contributed by atoms with E-state index in [-0.39, 0.29) is 23.8 Å². The number of fused-ring (bicyclic) bond motifs is 1. The predicted molar refractivity (Wildman–Crippen MR) is 163 cm³/mol. The Hall–Kier alpha value is -4.47. The molecule has 0 spiro atoms. The number of ether oxygens (including phenoxy) is 3. The highest BCUT2D eigenvalue weighted by Gasteiger charge is 2.42. The van der Waals surface area contributed by atoms with Crippen LogP contribution in [0.25, 0.3) is 11.4 Å². The third-order valence-corrected chi connectivity index (χ3v) is 8.35. The fourth-order valence-corrected chi connectivity index (χ4v) is 6.02. The van der Waals surface area contributed by atoms with Gasteiger partial charge in [0.15, 0.2) is 11.5 Å². The van der Waals surface area contributed by atoms with Crippen LogP contribution in [0.2, 0.25) is 0 Å². The number of hydrazone groups is 1. The summed E-state index contributed by atoms with van der Waals surface area (Å²) in [4.78, 5) is 13.6. The predicted octanol–water partition coefficient (Wildman–Crippen LogP) is 5.74. The van der Waals surface area contributed by atoms with Crippen molar-refractivity contribution in [3.8, 4) is 28.6 Å². The Balaban J connectivity index is 1.09. The molecule has 0 bridgehead atoms. The lowest BCUT2D eigenvalue weighted by atomic mass is 9.76. The van der Waals surface area contributed by atoms with E-state index >= 15 is 0 Å². The van der Waals surface area contributed by atoms with Gasteiger partial charge in [-0.1, -0.05) is 24.3 Å². The molecule has 43 heavy (non-hydrogen) atoms. The smallest absolute Gasteiger partial charge is 0.247 e. The molecule has 0 fully saturated rings. The Morgan fingerprint density at radius 3 is 2.44 bits per heavy atom. The van der Waals surface area contributed by atoms with Gasteiger partial charge in [0.2, 0.25) is 11.7 Å². The third-order valence-electron chi connectivity index (χ3n) is 8.35. The summed E-state index contributed by atoms with van der Waals surface area (Å²) >= 11 is 0. The first-order valence-corrected chi connectivity index (χ1v) is 15.2. The summed E-state index contributed by atoms with van der Waals surface area (Å²) in [7, 11) is 1.65. The van der Waals surface area contributed by atoms with Crippen LogP contribution >= 0.6 is 0 Å². The first kappa shape index (κ1) is 28.6. The van der Waals surface area contributed by atoms with Crippen LogP contribution in [0.4, 0.5) is 0 Å². The average molecular weight is 583 g/mol. The Kier molecular flexibility index (Phi) is 9.10. The van der Waals surface area contributed by atoms with E-state index in [2.05, 4.69) is 44.9 Å². The van der Waals surface area contributed by atoms with E-state index in [1.807, 2.05) is 42.5 Å². The zero-order chi connectivity index (χ0) is 29.4. The van der Waals surface area contributed by atoms with Crippen molar-refractivity contribution in [2.45, 2.75) is 57.4 Å². The van der Waals surface area contributed by atoms with Gasteiger partial charge in [-0.05, 0) is 99.0 Å². The molecule has 1 N–H and O–H groups in total. The maximum Gasteiger partial charge on any atom is 0.247 e. The van der Waals surface area contributed by atoms with Crippen molar-refractivity contribution in [2.24, 2.45) is 16.9 Å². The number of rotatable bonds is 11. The van der Waals surface area contributed by atoms with Crippen molar-refractivity contribution in [2.75, 3.05) is 20.3 Å². The minimum Gasteiger partial charge on any atom is -0.494 e. The highest BCUT2D eigenvalue weighted by atomic mass is 16.5. The highest BCUT2D eigenvalue weighted by Crippen LogP contribution is 2.38. The number of tetrazole rings is 1. The maximum absolute atomic E-state index is 13.6.